The van der Waals surface area contributed by atoms with Crippen molar-refractivity contribution in [1.82, 2.24) is 20.1 Å². The average molecular weight is 358 g/mol. The average Bonchev–Trinajstić information content (AvgIpc) is 2.85. The minimum atomic E-state index is -4.43. The minimum absolute atomic E-state index is 0.461. The van der Waals surface area contributed by atoms with Gasteiger partial charge in [0.25, 0.3) is 0 Å². The molecule has 1 aromatic carbocycles. The molecule has 0 saturated carbocycles. The molecule has 2 rings (SSSR count). The first-order chi connectivity index (χ1) is 11.2. The first-order valence-corrected chi connectivity index (χ1v) is 8.03. The van der Waals surface area contributed by atoms with Crippen LogP contribution in [-0.4, -0.2) is 38.6 Å². The summed E-state index contributed by atoms with van der Waals surface area (Å²) >= 11 is 1.06. The van der Waals surface area contributed by atoms with Crippen molar-refractivity contribution in [3.8, 4) is 11.4 Å². The van der Waals surface area contributed by atoms with Crippen molar-refractivity contribution in [3.05, 3.63) is 29.8 Å². The maximum atomic E-state index is 12.2. The van der Waals surface area contributed by atoms with Gasteiger partial charge in [-0.05, 0) is 19.4 Å². The van der Waals surface area contributed by atoms with E-state index in [1.807, 2.05) is 36.5 Å². The largest absolute Gasteiger partial charge is 0.405 e. The van der Waals surface area contributed by atoms with Crippen LogP contribution in [0.1, 0.15) is 12.5 Å². The van der Waals surface area contributed by atoms with Gasteiger partial charge >= 0.3 is 6.18 Å². The van der Waals surface area contributed by atoms with E-state index in [9.17, 15) is 18.0 Å². The highest BCUT2D eigenvalue weighted by atomic mass is 32.2. The molecule has 1 amide bonds. The zero-order valence-electron chi connectivity index (χ0n) is 13.4. The summed E-state index contributed by atoms with van der Waals surface area (Å²) in [5.41, 5.74) is 1.94. The number of amides is 1. The van der Waals surface area contributed by atoms with E-state index in [-0.39, 0.29) is 0 Å². The Bertz CT molecular complexity index is 730. The highest BCUT2D eigenvalue weighted by Gasteiger charge is 2.29. The van der Waals surface area contributed by atoms with Gasteiger partial charge in [0.1, 0.15) is 6.54 Å². The predicted octanol–water partition coefficient (Wildman–Crippen LogP) is 2.95. The zero-order chi connectivity index (χ0) is 17.9. The molecule has 0 radical (unpaired) electrons. The summed E-state index contributed by atoms with van der Waals surface area (Å²) in [6.45, 7) is 2.13. The SMILES string of the molecule is Cc1ccccc1-c1nnc(SC(C)C(=O)NCC(F)(F)F)n1C. The van der Waals surface area contributed by atoms with Gasteiger partial charge in [0.05, 0.1) is 5.25 Å². The number of carbonyl (C=O) groups is 1. The monoisotopic (exact) mass is 358 g/mol. The Morgan fingerprint density at radius 3 is 2.62 bits per heavy atom. The molecule has 2 aromatic rings. The van der Waals surface area contributed by atoms with Crippen molar-refractivity contribution in [2.75, 3.05) is 6.54 Å². The second kappa shape index (κ2) is 7.25. The molecule has 0 spiro atoms. The number of alkyl halides is 3. The number of hydrogen-bond donors (Lipinski definition) is 1. The Morgan fingerprint density at radius 1 is 1.33 bits per heavy atom. The summed E-state index contributed by atoms with van der Waals surface area (Å²) in [6.07, 6.45) is -4.43. The van der Waals surface area contributed by atoms with E-state index in [1.54, 1.807) is 11.6 Å². The zero-order valence-corrected chi connectivity index (χ0v) is 14.2. The van der Waals surface area contributed by atoms with Gasteiger partial charge in [0, 0.05) is 12.6 Å². The number of benzene rings is 1. The molecule has 5 nitrogen and oxygen atoms in total. The molecule has 0 fully saturated rings. The quantitative estimate of drug-likeness (QED) is 0.835. The third-order valence-corrected chi connectivity index (χ3v) is 4.47. The molecular formula is C15H17F3N4OS. The Morgan fingerprint density at radius 2 is 2.00 bits per heavy atom. The highest BCUT2D eigenvalue weighted by molar-refractivity contribution is 8.00. The third kappa shape index (κ3) is 4.50. The van der Waals surface area contributed by atoms with Gasteiger partial charge in [0.15, 0.2) is 11.0 Å². The summed E-state index contributed by atoms with van der Waals surface area (Å²) < 4.78 is 38.2. The van der Waals surface area contributed by atoms with E-state index in [2.05, 4.69) is 10.2 Å². The molecule has 9 heteroatoms. The summed E-state index contributed by atoms with van der Waals surface area (Å²) in [5.74, 6) is -0.0590. The van der Waals surface area contributed by atoms with Crippen molar-refractivity contribution in [2.24, 2.45) is 7.05 Å². The van der Waals surface area contributed by atoms with Gasteiger partial charge in [-0.1, -0.05) is 36.0 Å². The molecule has 130 valence electrons. The van der Waals surface area contributed by atoms with Gasteiger partial charge in [-0.3, -0.25) is 4.79 Å². The number of thioether (sulfide) groups is 1. The molecule has 1 N–H and O–H groups in total. The van der Waals surface area contributed by atoms with Gasteiger partial charge < -0.3 is 9.88 Å². The van der Waals surface area contributed by atoms with Crippen molar-refractivity contribution < 1.29 is 18.0 Å². The first-order valence-electron chi connectivity index (χ1n) is 7.15. The van der Waals surface area contributed by atoms with Gasteiger partial charge in [-0.25, -0.2) is 0 Å². The Kier molecular flexibility index (Phi) is 5.53. The second-order valence-electron chi connectivity index (χ2n) is 5.27. The lowest BCUT2D eigenvalue weighted by atomic mass is 10.1. The third-order valence-electron chi connectivity index (χ3n) is 3.34. The van der Waals surface area contributed by atoms with E-state index in [0.717, 1.165) is 22.9 Å². The fraction of sp³-hybridized carbons (Fsp3) is 0.400. The van der Waals surface area contributed by atoms with Crippen LogP contribution < -0.4 is 5.32 Å². The van der Waals surface area contributed by atoms with Crippen LogP contribution in [0.4, 0.5) is 13.2 Å². The lowest BCUT2D eigenvalue weighted by molar-refractivity contribution is -0.137. The standard InChI is InChI=1S/C15H17F3N4OS/c1-9-6-4-5-7-11(9)12-20-21-14(22(12)3)24-10(2)13(23)19-8-15(16,17)18/h4-7,10H,8H2,1-3H3,(H,19,23). The van der Waals surface area contributed by atoms with Crippen molar-refractivity contribution in [2.45, 2.75) is 30.4 Å². The summed E-state index contributed by atoms with van der Waals surface area (Å²) in [6, 6.07) is 7.66. The molecule has 0 saturated heterocycles. The molecule has 0 aliphatic heterocycles. The number of hydrogen-bond acceptors (Lipinski definition) is 4. The lowest BCUT2D eigenvalue weighted by Gasteiger charge is -2.13. The molecule has 24 heavy (non-hydrogen) atoms. The van der Waals surface area contributed by atoms with Crippen LogP contribution in [0.25, 0.3) is 11.4 Å². The predicted molar refractivity (Wildman–Crippen MR) is 85.6 cm³/mol. The number of aromatic nitrogens is 3. The molecule has 0 bridgehead atoms. The Balaban J connectivity index is 2.09. The number of aryl methyl sites for hydroxylation is 1. The summed E-state index contributed by atoms with van der Waals surface area (Å²) in [4.78, 5) is 11.7. The van der Waals surface area contributed by atoms with Crippen molar-refractivity contribution >= 4 is 17.7 Å². The van der Waals surface area contributed by atoms with Gasteiger partial charge in [-0.2, -0.15) is 13.2 Å². The molecular weight excluding hydrogens is 341 g/mol. The van der Waals surface area contributed by atoms with Gasteiger partial charge in [0.2, 0.25) is 5.91 Å². The maximum absolute atomic E-state index is 12.2. The lowest BCUT2D eigenvalue weighted by Crippen LogP contribution is -2.38. The van der Waals surface area contributed by atoms with Crippen molar-refractivity contribution in [3.63, 3.8) is 0 Å². The summed E-state index contributed by atoms with van der Waals surface area (Å²) in [5, 5.41) is 9.77. The fourth-order valence-electron chi connectivity index (χ4n) is 2.02. The number of halogens is 3. The van der Waals surface area contributed by atoms with Crippen molar-refractivity contribution in [1.29, 1.82) is 0 Å². The van der Waals surface area contributed by atoms with E-state index in [4.69, 9.17) is 0 Å². The van der Waals surface area contributed by atoms with E-state index < -0.39 is 23.9 Å². The van der Waals surface area contributed by atoms with Crippen LogP contribution in [0.2, 0.25) is 0 Å². The fourth-order valence-corrected chi connectivity index (χ4v) is 2.86. The van der Waals surface area contributed by atoms with E-state index in [0.29, 0.717) is 11.0 Å². The molecule has 1 aromatic heterocycles. The topological polar surface area (TPSA) is 59.8 Å². The smallest absolute Gasteiger partial charge is 0.346 e. The minimum Gasteiger partial charge on any atom is -0.346 e. The van der Waals surface area contributed by atoms with Crippen LogP contribution in [0, 0.1) is 6.92 Å². The van der Waals surface area contributed by atoms with Gasteiger partial charge in [-0.15, -0.1) is 10.2 Å². The number of nitrogens with one attached hydrogen (secondary N) is 1. The van der Waals surface area contributed by atoms with Crippen LogP contribution in [-0.2, 0) is 11.8 Å². The first kappa shape index (κ1) is 18.3. The van der Waals surface area contributed by atoms with E-state index in [1.165, 1.54) is 6.92 Å². The molecule has 0 aliphatic carbocycles. The second-order valence-corrected chi connectivity index (χ2v) is 6.58. The maximum Gasteiger partial charge on any atom is 0.405 e. The molecule has 1 heterocycles. The number of nitrogens with zero attached hydrogens (tertiary/aromatic N) is 3. The van der Waals surface area contributed by atoms with Crippen LogP contribution in [0.3, 0.4) is 0 Å². The highest BCUT2D eigenvalue weighted by Crippen LogP contribution is 2.27. The van der Waals surface area contributed by atoms with E-state index >= 15 is 0 Å². The van der Waals surface area contributed by atoms with Crippen LogP contribution in [0.15, 0.2) is 29.4 Å². The normalized spacial score (nSPS) is 12.9. The van der Waals surface area contributed by atoms with Crippen LogP contribution in [0.5, 0.6) is 0 Å². The Hall–Kier alpha value is -2.03. The number of carbonyl (C=O) groups excluding carboxylic acids is 1. The summed E-state index contributed by atoms with van der Waals surface area (Å²) in [7, 11) is 1.75. The van der Waals surface area contributed by atoms with Crippen LogP contribution >= 0.6 is 11.8 Å². The Labute approximate surface area is 141 Å². The number of rotatable bonds is 5. The molecule has 0 aliphatic rings. The molecule has 1 unspecified atom stereocenters. The molecule has 1 atom stereocenters.